The number of hydrogen-bond acceptors (Lipinski definition) is 6. The molecule has 0 saturated carbocycles. The average molecular weight is 337 g/mol. The Balaban J connectivity index is 2.15. The lowest BCUT2D eigenvalue weighted by atomic mass is 10.1. The molecule has 0 radical (unpaired) electrons. The molecule has 6 heteroatoms. The normalized spacial score (nSPS) is 14.0. The number of carbonyl (C=O) groups is 2. The highest BCUT2D eigenvalue weighted by molar-refractivity contribution is 6.23. The van der Waals surface area contributed by atoms with E-state index in [1.165, 1.54) is 13.2 Å². The highest BCUT2D eigenvalue weighted by Gasteiger charge is 2.26. The van der Waals surface area contributed by atoms with Crippen LogP contribution in [0, 0.1) is 6.08 Å². The quantitative estimate of drug-likeness (QED) is 0.272. The van der Waals surface area contributed by atoms with Crippen LogP contribution in [0.4, 0.5) is 0 Å². The van der Waals surface area contributed by atoms with Crippen molar-refractivity contribution in [2.24, 2.45) is 5.10 Å². The van der Waals surface area contributed by atoms with E-state index in [0.29, 0.717) is 5.70 Å². The summed E-state index contributed by atoms with van der Waals surface area (Å²) in [4.78, 5) is 23.5. The van der Waals surface area contributed by atoms with Crippen molar-refractivity contribution in [2.45, 2.75) is 6.10 Å². The minimum absolute atomic E-state index is 0.229. The van der Waals surface area contributed by atoms with Gasteiger partial charge >= 0.3 is 11.9 Å². The number of hydrogen-bond donors (Lipinski definition) is 1. The van der Waals surface area contributed by atoms with Crippen molar-refractivity contribution in [3.05, 3.63) is 84.1 Å². The maximum Gasteiger partial charge on any atom is 0.400 e. The van der Waals surface area contributed by atoms with Crippen LogP contribution in [0.3, 0.4) is 0 Å². The van der Waals surface area contributed by atoms with E-state index in [2.05, 4.69) is 27.9 Å². The topological polar surface area (TPSA) is 77.0 Å². The van der Waals surface area contributed by atoms with Crippen LogP contribution >= 0.6 is 0 Å². The van der Waals surface area contributed by atoms with Crippen molar-refractivity contribution in [3.8, 4) is 0 Å². The van der Waals surface area contributed by atoms with E-state index in [4.69, 9.17) is 4.74 Å². The first-order chi connectivity index (χ1) is 12.2. The van der Waals surface area contributed by atoms with Gasteiger partial charge in [0.2, 0.25) is 0 Å². The highest BCUT2D eigenvalue weighted by Crippen LogP contribution is 2.21. The Bertz CT molecular complexity index is 761. The smallest absolute Gasteiger partial charge is 0.400 e. The molecule has 0 spiro atoms. The van der Waals surface area contributed by atoms with Crippen LogP contribution in [0.25, 0.3) is 0 Å². The molecule has 6 nitrogen and oxygen atoms in total. The third-order valence-corrected chi connectivity index (χ3v) is 3.22. The average Bonchev–Trinajstić information content (AvgIpc) is 2.66. The van der Waals surface area contributed by atoms with Crippen LogP contribution < -0.4 is 5.43 Å². The number of benzene rings is 1. The van der Waals surface area contributed by atoms with Crippen LogP contribution in [0.2, 0.25) is 0 Å². The summed E-state index contributed by atoms with van der Waals surface area (Å²) in [5.74, 6) is -1.18. The molecule has 2 rings (SSSR count). The van der Waals surface area contributed by atoms with Gasteiger partial charge in [-0.1, -0.05) is 36.9 Å². The Morgan fingerprint density at radius 1 is 1.32 bits per heavy atom. The minimum atomic E-state index is -0.616. The van der Waals surface area contributed by atoms with Crippen molar-refractivity contribution in [3.63, 3.8) is 0 Å². The van der Waals surface area contributed by atoms with Crippen molar-refractivity contribution >= 4 is 18.2 Å². The maximum absolute atomic E-state index is 12.5. The fourth-order valence-electron chi connectivity index (χ4n) is 1.98. The second-order valence-electron chi connectivity index (χ2n) is 4.84. The lowest BCUT2D eigenvalue weighted by molar-refractivity contribution is -0.142. The van der Waals surface area contributed by atoms with Gasteiger partial charge in [0.1, 0.15) is 24.5 Å². The van der Waals surface area contributed by atoms with Crippen molar-refractivity contribution in [2.75, 3.05) is 7.11 Å². The lowest BCUT2D eigenvalue weighted by Gasteiger charge is -2.13. The van der Waals surface area contributed by atoms with Crippen LogP contribution in [0.1, 0.15) is 11.7 Å². The number of carbonyl (C=O) groups excluding carboxylic acids is 2. The third-order valence-electron chi connectivity index (χ3n) is 3.22. The van der Waals surface area contributed by atoms with Gasteiger partial charge < -0.3 is 9.47 Å². The molecule has 1 N–H and O–H groups in total. The first kappa shape index (κ1) is 17.8. The molecule has 1 aromatic rings. The van der Waals surface area contributed by atoms with E-state index < -0.39 is 18.0 Å². The third kappa shape index (κ3) is 4.99. The molecular formula is C19H17N2O4+. The molecule has 25 heavy (non-hydrogen) atoms. The zero-order chi connectivity index (χ0) is 18.1. The van der Waals surface area contributed by atoms with E-state index in [9.17, 15) is 9.59 Å². The van der Waals surface area contributed by atoms with Gasteiger partial charge in [-0.2, -0.15) is 5.10 Å². The number of nitrogens with one attached hydrogen (secondary N) is 1. The SMILES string of the molecule is C=CC(OC(=O)C1=C(NN=CC(=O)OC)C=C[C+]=C1)c1ccccc1. The Hall–Kier alpha value is -3.50. The molecule has 126 valence electrons. The summed E-state index contributed by atoms with van der Waals surface area (Å²) in [6.45, 7) is 3.71. The van der Waals surface area contributed by atoms with Gasteiger partial charge in [-0.25, -0.2) is 9.59 Å². The Labute approximate surface area is 145 Å². The summed E-state index contributed by atoms with van der Waals surface area (Å²) in [5.41, 5.74) is 4.03. The van der Waals surface area contributed by atoms with Crippen molar-refractivity contribution < 1.29 is 19.1 Å². The summed E-state index contributed by atoms with van der Waals surface area (Å²) >= 11 is 0. The summed E-state index contributed by atoms with van der Waals surface area (Å²) in [5, 5.41) is 3.72. The van der Waals surface area contributed by atoms with Gasteiger partial charge in [0, 0.05) is 6.08 Å². The largest absolute Gasteiger partial charge is 0.465 e. The summed E-state index contributed by atoms with van der Waals surface area (Å²) in [6.07, 6.45) is 9.41. The predicted octanol–water partition coefficient (Wildman–Crippen LogP) is 2.39. The maximum atomic E-state index is 12.5. The number of esters is 2. The Morgan fingerprint density at radius 2 is 2.08 bits per heavy atom. The molecule has 0 bridgehead atoms. The molecule has 1 aliphatic carbocycles. The van der Waals surface area contributed by atoms with E-state index in [1.54, 1.807) is 18.2 Å². The molecule has 1 atom stereocenters. The van der Waals surface area contributed by atoms with Crippen molar-refractivity contribution in [1.82, 2.24) is 5.43 Å². The van der Waals surface area contributed by atoms with Gasteiger partial charge in [-0.3, -0.25) is 5.43 Å². The lowest BCUT2D eigenvalue weighted by Crippen LogP contribution is -2.18. The standard InChI is InChI=1S/C19H16N2O4/c1-3-17(14-9-5-4-6-10-14)25-19(23)15-11-7-8-12-16(15)21-20-13-18(22)24-2/h3-6,8-13,17H,1H2,2H3/p+1. The van der Waals surface area contributed by atoms with Crippen LogP contribution in [0.5, 0.6) is 0 Å². The number of nitrogens with zero attached hydrogens (tertiary/aromatic N) is 1. The fourth-order valence-corrected chi connectivity index (χ4v) is 1.98. The molecule has 0 fully saturated rings. The van der Waals surface area contributed by atoms with Crippen LogP contribution in [-0.2, 0) is 19.1 Å². The van der Waals surface area contributed by atoms with Crippen LogP contribution in [0.15, 0.2) is 77.6 Å². The Kier molecular flexibility index (Phi) is 6.39. The molecule has 0 saturated heterocycles. The zero-order valence-electron chi connectivity index (χ0n) is 13.6. The molecule has 1 aliphatic rings. The van der Waals surface area contributed by atoms with Gasteiger partial charge in [-0.05, 0) is 11.6 Å². The molecule has 0 heterocycles. The first-order valence-electron chi connectivity index (χ1n) is 7.41. The number of methoxy groups -OCH3 is 1. The summed E-state index contributed by atoms with van der Waals surface area (Å²) in [6, 6.07) is 9.26. The fraction of sp³-hybridized carbons (Fsp3) is 0.105. The van der Waals surface area contributed by atoms with E-state index in [1.807, 2.05) is 30.3 Å². The van der Waals surface area contributed by atoms with Crippen LogP contribution in [-0.4, -0.2) is 25.3 Å². The van der Waals surface area contributed by atoms with E-state index >= 15 is 0 Å². The molecule has 0 aromatic heterocycles. The van der Waals surface area contributed by atoms with Gasteiger partial charge in [0.15, 0.2) is 11.3 Å². The van der Waals surface area contributed by atoms with Gasteiger partial charge in [0.25, 0.3) is 0 Å². The second-order valence-corrected chi connectivity index (χ2v) is 4.84. The highest BCUT2D eigenvalue weighted by atomic mass is 16.5. The Morgan fingerprint density at radius 3 is 2.76 bits per heavy atom. The minimum Gasteiger partial charge on any atom is -0.465 e. The predicted molar refractivity (Wildman–Crippen MR) is 93.1 cm³/mol. The monoisotopic (exact) mass is 337 g/mol. The second kappa shape index (κ2) is 8.96. The van der Waals surface area contributed by atoms with Gasteiger partial charge in [0.05, 0.1) is 13.2 Å². The summed E-state index contributed by atoms with van der Waals surface area (Å²) in [7, 11) is 1.24. The molecule has 1 aromatic carbocycles. The number of allylic oxidation sites excluding steroid dienone is 3. The van der Waals surface area contributed by atoms with Gasteiger partial charge in [-0.15, -0.1) is 0 Å². The molecular weight excluding hydrogens is 320 g/mol. The summed E-state index contributed by atoms with van der Waals surface area (Å²) < 4.78 is 9.95. The zero-order valence-corrected chi connectivity index (χ0v) is 13.6. The number of hydrazone groups is 1. The number of ether oxygens (including phenoxy) is 2. The molecule has 0 amide bonds. The number of rotatable bonds is 7. The van der Waals surface area contributed by atoms with Crippen molar-refractivity contribution in [1.29, 1.82) is 0 Å². The molecule has 0 aliphatic heterocycles. The molecule has 1 unspecified atom stereocenters. The van der Waals surface area contributed by atoms with E-state index in [0.717, 1.165) is 11.8 Å². The van der Waals surface area contributed by atoms with E-state index in [-0.39, 0.29) is 5.57 Å². The first-order valence-corrected chi connectivity index (χ1v) is 7.41.